The summed E-state index contributed by atoms with van der Waals surface area (Å²) in [4.78, 5) is 11.8. The van der Waals surface area contributed by atoms with Crippen molar-refractivity contribution in [3.63, 3.8) is 0 Å². The number of rotatable bonds is 2. The second-order valence-corrected chi connectivity index (χ2v) is 5.88. The van der Waals surface area contributed by atoms with Crippen molar-refractivity contribution < 1.29 is 14.3 Å². The van der Waals surface area contributed by atoms with Crippen molar-refractivity contribution >= 4 is 5.78 Å². The van der Waals surface area contributed by atoms with Crippen molar-refractivity contribution in [2.75, 3.05) is 13.2 Å². The molecule has 0 aromatic carbocycles. The van der Waals surface area contributed by atoms with Gasteiger partial charge in [-0.2, -0.15) is 0 Å². The summed E-state index contributed by atoms with van der Waals surface area (Å²) < 4.78 is 11.6. The minimum absolute atomic E-state index is 0.0505. The molecule has 2 aliphatic rings. The molecule has 0 spiro atoms. The number of ether oxygens (including phenoxy) is 2. The Kier molecular flexibility index (Phi) is 2.87. The highest BCUT2D eigenvalue weighted by molar-refractivity contribution is 5.80. The van der Waals surface area contributed by atoms with Crippen LogP contribution in [-0.2, 0) is 14.3 Å². The van der Waals surface area contributed by atoms with Crippen LogP contribution in [0.3, 0.4) is 0 Å². The van der Waals surface area contributed by atoms with Gasteiger partial charge in [0.15, 0.2) is 5.79 Å². The molecule has 1 aliphatic heterocycles. The maximum atomic E-state index is 11.8. The van der Waals surface area contributed by atoms with E-state index in [-0.39, 0.29) is 11.3 Å². The fourth-order valence-corrected chi connectivity index (χ4v) is 3.33. The Hall–Kier alpha value is -0.410. The van der Waals surface area contributed by atoms with E-state index in [1.165, 1.54) is 0 Å². The van der Waals surface area contributed by atoms with Gasteiger partial charge in [0, 0.05) is 25.4 Å². The standard InChI is InChI=1S/C13H22O3/c1-5-15-13(4)10-6-9(14)7-12(2,3)11(10)8-16-13/h10-11H,5-8H2,1-4H3. The molecule has 92 valence electrons. The lowest BCUT2D eigenvalue weighted by molar-refractivity contribution is -0.218. The van der Waals surface area contributed by atoms with Crippen LogP contribution in [0.2, 0.25) is 0 Å². The molecule has 3 heteroatoms. The highest BCUT2D eigenvalue weighted by atomic mass is 16.7. The molecule has 1 saturated heterocycles. The first-order valence-electron chi connectivity index (χ1n) is 6.18. The van der Waals surface area contributed by atoms with Crippen LogP contribution in [0.5, 0.6) is 0 Å². The monoisotopic (exact) mass is 226 g/mol. The summed E-state index contributed by atoms with van der Waals surface area (Å²) in [6.45, 7) is 9.65. The average molecular weight is 226 g/mol. The van der Waals surface area contributed by atoms with Crippen molar-refractivity contribution in [2.24, 2.45) is 17.3 Å². The molecule has 0 aromatic rings. The van der Waals surface area contributed by atoms with Crippen molar-refractivity contribution in [3.8, 4) is 0 Å². The molecule has 0 radical (unpaired) electrons. The van der Waals surface area contributed by atoms with Gasteiger partial charge in [0.2, 0.25) is 0 Å². The molecular formula is C13H22O3. The van der Waals surface area contributed by atoms with Crippen molar-refractivity contribution in [1.82, 2.24) is 0 Å². The third kappa shape index (κ3) is 1.80. The fraction of sp³-hybridized carbons (Fsp3) is 0.923. The van der Waals surface area contributed by atoms with Crippen LogP contribution in [0.25, 0.3) is 0 Å². The van der Waals surface area contributed by atoms with E-state index in [2.05, 4.69) is 13.8 Å². The Morgan fingerprint density at radius 3 is 2.69 bits per heavy atom. The Labute approximate surface area is 97.5 Å². The predicted octanol–water partition coefficient (Wildman–Crippen LogP) is 2.39. The number of fused-ring (bicyclic) bond motifs is 1. The maximum Gasteiger partial charge on any atom is 0.169 e. The van der Waals surface area contributed by atoms with E-state index in [9.17, 15) is 4.79 Å². The van der Waals surface area contributed by atoms with Gasteiger partial charge in [-0.1, -0.05) is 13.8 Å². The van der Waals surface area contributed by atoms with E-state index in [1.54, 1.807) is 0 Å². The Balaban J connectivity index is 2.24. The highest BCUT2D eigenvalue weighted by Gasteiger charge is 2.55. The van der Waals surface area contributed by atoms with E-state index >= 15 is 0 Å². The predicted molar refractivity (Wildman–Crippen MR) is 61.0 cm³/mol. The first kappa shape index (κ1) is 12.1. The van der Waals surface area contributed by atoms with E-state index in [0.717, 1.165) is 6.61 Å². The number of carbonyl (C=O) groups excluding carboxylic acids is 1. The zero-order valence-corrected chi connectivity index (χ0v) is 10.7. The lowest BCUT2D eigenvalue weighted by Gasteiger charge is -2.42. The van der Waals surface area contributed by atoms with Gasteiger partial charge in [-0.25, -0.2) is 0 Å². The average Bonchev–Trinajstić information content (AvgIpc) is 2.44. The van der Waals surface area contributed by atoms with Crippen molar-refractivity contribution in [1.29, 1.82) is 0 Å². The SMILES string of the molecule is CCOC1(C)OCC2C1CC(=O)CC2(C)C. The molecule has 3 unspecified atom stereocenters. The summed E-state index contributed by atoms with van der Waals surface area (Å²) in [6, 6.07) is 0. The van der Waals surface area contributed by atoms with Gasteiger partial charge < -0.3 is 9.47 Å². The molecule has 2 fully saturated rings. The van der Waals surface area contributed by atoms with E-state index in [1.807, 2.05) is 13.8 Å². The third-order valence-corrected chi connectivity index (χ3v) is 4.24. The molecule has 1 heterocycles. The largest absolute Gasteiger partial charge is 0.350 e. The number of carbonyl (C=O) groups is 1. The number of ketones is 1. The van der Waals surface area contributed by atoms with Crippen LogP contribution >= 0.6 is 0 Å². The van der Waals surface area contributed by atoms with Gasteiger partial charge in [-0.05, 0) is 25.2 Å². The summed E-state index contributed by atoms with van der Waals surface area (Å²) in [5, 5.41) is 0. The van der Waals surface area contributed by atoms with Gasteiger partial charge in [-0.3, -0.25) is 4.79 Å². The summed E-state index contributed by atoms with van der Waals surface area (Å²) in [6.07, 6.45) is 1.30. The molecule has 0 bridgehead atoms. The third-order valence-electron chi connectivity index (χ3n) is 4.24. The van der Waals surface area contributed by atoms with Crippen LogP contribution in [0, 0.1) is 17.3 Å². The smallest absolute Gasteiger partial charge is 0.169 e. The van der Waals surface area contributed by atoms with E-state index in [4.69, 9.17) is 9.47 Å². The first-order valence-corrected chi connectivity index (χ1v) is 6.18. The summed E-state index contributed by atoms with van der Waals surface area (Å²) in [5.41, 5.74) is 0.0505. The number of hydrogen-bond acceptors (Lipinski definition) is 3. The van der Waals surface area contributed by atoms with Gasteiger partial charge >= 0.3 is 0 Å². The van der Waals surface area contributed by atoms with Gasteiger partial charge in [-0.15, -0.1) is 0 Å². The molecular weight excluding hydrogens is 204 g/mol. The van der Waals surface area contributed by atoms with E-state index in [0.29, 0.717) is 31.1 Å². The molecule has 0 N–H and O–H groups in total. The molecule has 1 saturated carbocycles. The van der Waals surface area contributed by atoms with Gasteiger partial charge in [0.1, 0.15) is 5.78 Å². The van der Waals surface area contributed by atoms with E-state index < -0.39 is 5.79 Å². The lowest BCUT2D eigenvalue weighted by Crippen LogP contribution is -2.45. The molecule has 3 nitrogen and oxygen atoms in total. The second-order valence-electron chi connectivity index (χ2n) is 5.88. The molecule has 16 heavy (non-hydrogen) atoms. The molecule has 0 amide bonds. The molecule has 2 rings (SSSR count). The summed E-state index contributed by atoms with van der Waals surface area (Å²) in [5.74, 6) is 0.473. The molecule has 0 aromatic heterocycles. The normalized spacial score (nSPS) is 42.1. The minimum atomic E-state index is -0.549. The second kappa shape index (κ2) is 3.81. The Morgan fingerprint density at radius 2 is 2.06 bits per heavy atom. The zero-order chi connectivity index (χ0) is 12.0. The van der Waals surface area contributed by atoms with Crippen molar-refractivity contribution in [2.45, 2.75) is 46.3 Å². The topological polar surface area (TPSA) is 35.5 Å². The minimum Gasteiger partial charge on any atom is -0.350 e. The van der Waals surface area contributed by atoms with Gasteiger partial charge in [0.25, 0.3) is 0 Å². The van der Waals surface area contributed by atoms with Gasteiger partial charge in [0.05, 0.1) is 6.61 Å². The lowest BCUT2D eigenvalue weighted by atomic mass is 9.63. The highest BCUT2D eigenvalue weighted by Crippen LogP contribution is 2.52. The Morgan fingerprint density at radius 1 is 1.38 bits per heavy atom. The Bertz CT molecular complexity index is 298. The summed E-state index contributed by atoms with van der Waals surface area (Å²) >= 11 is 0. The maximum absolute atomic E-state index is 11.8. The first-order chi connectivity index (χ1) is 7.39. The fourth-order valence-electron chi connectivity index (χ4n) is 3.33. The van der Waals surface area contributed by atoms with Crippen LogP contribution in [0.4, 0.5) is 0 Å². The quantitative estimate of drug-likeness (QED) is 0.725. The van der Waals surface area contributed by atoms with Crippen molar-refractivity contribution in [3.05, 3.63) is 0 Å². The zero-order valence-electron chi connectivity index (χ0n) is 10.7. The molecule has 1 aliphatic carbocycles. The van der Waals surface area contributed by atoms with Crippen LogP contribution in [0.15, 0.2) is 0 Å². The van der Waals surface area contributed by atoms with Crippen LogP contribution < -0.4 is 0 Å². The number of Topliss-reactive ketones (excluding diaryl/α,β-unsaturated/α-hetero) is 1. The van der Waals surface area contributed by atoms with Crippen LogP contribution in [0.1, 0.15) is 40.5 Å². The number of hydrogen-bond donors (Lipinski definition) is 0. The summed E-state index contributed by atoms with van der Waals surface area (Å²) in [7, 11) is 0. The van der Waals surface area contributed by atoms with Crippen LogP contribution in [-0.4, -0.2) is 24.8 Å². The molecule has 3 atom stereocenters.